The Morgan fingerprint density at radius 2 is 1.93 bits per heavy atom. The first-order valence-electron chi connectivity index (χ1n) is 8.81. The number of H-pyrrole nitrogens is 3. The fourth-order valence-corrected chi connectivity index (χ4v) is 3.07. The summed E-state index contributed by atoms with van der Waals surface area (Å²) in [6.45, 7) is 1.04. The molecule has 4 N–H and O–H groups in total. The van der Waals surface area contributed by atoms with Crippen molar-refractivity contribution in [2.45, 2.75) is 13.0 Å². The number of hydrogen-bond acceptors (Lipinski definition) is 4. The van der Waals surface area contributed by atoms with Gasteiger partial charge in [-0.25, -0.2) is 14.2 Å². The first-order chi connectivity index (χ1) is 13.5. The van der Waals surface area contributed by atoms with E-state index in [1.165, 1.54) is 12.1 Å². The van der Waals surface area contributed by atoms with Gasteiger partial charge in [0.1, 0.15) is 11.6 Å². The van der Waals surface area contributed by atoms with Crippen LogP contribution in [0.4, 0.5) is 10.1 Å². The zero-order valence-electron chi connectivity index (χ0n) is 15.2. The van der Waals surface area contributed by atoms with Crippen LogP contribution in [-0.2, 0) is 11.3 Å². The summed E-state index contributed by atoms with van der Waals surface area (Å²) in [4.78, 5) is 38.3. The molecule has 0 aliphatic heterocycles. The molecule has 0 aliphatic rings. The van der Waals surface area contributed by atoms with Gasteiger partial charge >= 0.3 is 5.69 Å². The molecule has 0 radical (unpaired) electrons. The highest BCUT2D eigenvalue weighted by Crippen LogP contribution is 2.15. The molecule has 2 heterocycles. The van der Waals surface area contributed by atoms with Crippen LogP contribution in [0.25, 0.3) is 22.1 Å². The summed E-state index contributed by atoms with van der Waals surface area (Å²) in [5, 5.41) is 2.82. The van der Waals surface area contributed by atoms with E-state index in [4.69, 9.17) is 0 Å². The van der Waals surface area contributed by atoms with Crippen LogP contribution in [0.5, 0.6) is 0 Å². The number of fused-ring (bicyclic) bond motifs is 2. The van der Waals surface area contributed by atoms with Crippen LogP contribution in [0.3, 0.4) is 0 Å². The Labute approximate surface area is 158 Å². The van der Waals surface area contributed by atoms with Crippen molar-refractivity contribution in [3.05, 3.63) is 58.5 Å². The highest BCUT2D eigenvalue weighted by atomic mass is 19.1. The first-order valence-corrected chi connectivity index (χ1v) is 8.81. The van der Waals surface area contributed by atoms with Gasteiger partial charge < -0.3 is 20.3 Å². The topological polar surface area (TPSA) is 110 Å². The molecule has 0 spiro atoms. The molecule has 8 nitrogen and oxygen atoms in total. The van der Waals surface area contributed by atoms with Gasteiger partial charge in [-0.3, -0.25) is 9.69 Å². The number of benzene rings is 2. The van der Waals surface area contributed by atoms with Crippen molar-refractivity contribution >= 4 is 33.7 Å². The van der Waals surface area contributed by atoms with E-state index in [0.717, 1.165) is 0 Å². The number of hydrogen-bond donors (Lipinski definition) is 4. The molecule has 144 valence electrons. The molecule has 0 bridgehead atoms. The van der Waals surface area contributed by atoms with Gasteiger partial charge in [-0.15, -0.1) is 0 Å². The molecule has 28 heavy (non-hydrogen) atoms. The maximum Gasteiger partial charge on any atom is 0.323 e. The third-order valence-electron chi connectivity index (χ3n) is 4.43. The lowest BCUT2D eigenvalue weighted by Gasteiger charge is -2.14. The van der Waals surface area contributed by atoms with Crippen molar-refractivity contribution in [3.63, 3.8) is 0 Å². The van der Waals surface area contributed by atoms with Crippen molar-refractivity contribution in [3.8, 4) is 0 Å². The first kappa shape index (κ1) is 17.9. The largest absolute Gasteiger partial charge is 0.341 e. The summed E-state index contributed by atoms with van der Waals surface area (Å²) in [5.41, 5.74) is 3.03. The van der Waals surface area contributed by atoms with Gasteiger partial charge in [0.15, 0.2) is 0 Å². The lowest BCUT2D eigenvalue weighted by molar-refractivity contribution is -0.116. The quantitative estimate of drug-likeness (QED) is 0.410. The van der Waals surface area contributed by atoms with Crippen LogP contribution in [0.15, 0.2) is 41.2 Å². The average Bonchev–Trinajstić information content (AvgIpc) is 3.20. The Hall–Kier alpha value is -3.46. The van der Waals surface area contributed by atoms with Crippen molar-refractivity contribution < 1.29 is 9.18 Å². The van der Waals surface area contributed by atoms with Gasteiger partial charge in [0.05, 0.1) is 28.6 Å². The van der Waals surface area contributed by atoms with Crippen LogP contribution >= 0.6 is 0 Å². The normalized spacial score (nSPS) is 11.5. The number of imidazole rings is 2. The molecule has 4 rings (SSSR count). The second kappa shape index (κ2) is 7.28. The monoisotopic (exact) mass is 382 g/mol. The zero-order chi connectivity index (χ0) is 19.7. The summed E-state index contributed by atoms with van der Waals surface area (Å²) >= 11 is 0. The van der Waals surface area contributed by atoms with Crippen molar-refractivity contribution in [1.29, 1.82) is 0 Å². The van der Waals surface area contributed by atoms with Crippen molar-refractivity contribution in [1.82, 2.24) is 24.8 Å². The van der Waals surface area contributed by atoms with E-state index >= 15 is 0 Å². The van der Waals surface area contributed by atoms with Crippen molar-refractivity contribution in [2.24, 2.45) is 0 Å². The minimum Gasteiger partial charge on any atom is -0.341 e. The van der Waals surface area contributed by atoms with Gasteiger partial charge in [-0.05, 0) is 43.4 Å². The maximum atomic E-state index is 13.3. The number of nitrogens with zero attached hydrogens (tertiary/aromatic N) is 2. The Morgan fingerprint density at radius 3 is 2.79 bits per heavy atom. The fourth-order valence-electron chi connectivity index (χ4n) is 3.07. The van der Waals surface area contributed by atoms with Gasteiger partial charge in [0.25, 0.3) is 0 Å². The number of carbonyl (C=O) groups is 1. The molecule has 1 amide bonds. The number of aromatic nitrogens is 4. The van der Waals surface area contributed by atoms with Crippen LogP contribution in [-0.4, -0.2) is 44.3 Å². The summed E-state index contributed by atoms with van der Waals surface area (Å²) < 4.78 is 13.3. The number of anilines is 1. The van der Waals surface area contributed by atoms with E-state index in [-0.39, 0.29) is 17.4 Å². The fraction of sp³-hybridized carbons (Fsp3) is 0.211. The molecule has 0 saturated heterocycles. The number of carbonyl (C=O) groups excluding carboxylic acids is 1. The van der Waals surface area contributed by atoms with E-state index in [9.17, 15) is 14.0 Å². The summed E-state index contributed by atoms with van der Waals surface area (Å²) in [6.07, 6.45) is 0.299. The number of halogens is 1. The molecule has 0 saturated carbocycles. The van der Waals surface area contributed by atoms with E-state index in [0.29, 0.717) is 53.1 Å². The molecule has 4 aromatic rings. The summed E-state index contributed by atoms with van der Waals surface area (Å²) in [5.74, 6) is 0.274. The minimum atomic E-state index is -0.311. The van der Waals surface area contributed by atoms with E-state index < -0.39 is 0 Å². The lowest BCUT2D eigenvalue weighted by Crippen LogP contribution is -2.24. The molecular formula is C19H19FN6O2. The smallest absolute Gasteiger partial charge is 0.323 e. The SMILES string of the molecule is CN(CCC(=O)Nc1ccc2[nH]c(=O)[nH]c2c1)Cc1nc2ccc(F)cc2[nH]1. The summed E-state index contributed by atoms with van der Waals surface area (Å²) in [6, 6.07) is 9.60. The predicted molar refractivity (Wildman–Crippen MR) is 105 cm³/mol. The highest BCUT2D eigenvalue weighted by molar-refractivity contribution is 5.93. The van der Waals surface area contributed by atoms with Gasteiger partial charge in [0, 0.05) is 18.7 Å². The Bertz CT molecular complexity index is 1210. The van der Waals surface area contributed by atoms with Crippen molar-refractivity contribution in [2.75, 3.05) is 18.9 Å². The number of aromatic amines is 3. The third kappa shape index (κ3) is 3.94. The van der Waals surface area contributed by atoms with Gasteiger partial charge in [0.2, 0.25) is 5.91 Å². The third-order valence-corrected chi connectivity index (χ3v) is 4.43. The van der Waals surface area contributed by atoms with Gasteiger partial charge in [-0.2, -0.15) is 0 Å². The standard InChI is InChI=1S/C19H19FN6O2/c1-26(10-17-22-13-4-2-11(20)8-15(13)23-17)7-6-18(27)21-12-3-5-14-16(9-12)25-19(28)24-14/h2-5,8-9H,6-7,10H2,1H3,(H,21,27)(H,22,23)(H2,24,25,28). The predicted octanol–water partition coefficient (Wildman–Crippen LogP) is 2.33. The maximum absolute atomic E-state index is 13.3. The Morgan fingerprint density at radius 1 is 1.11 bits per heavy atom. The average molecular weight is 382 g/mol. The summed E-state index contributed by atoms with van der Waals surface area (Å²) in [7, 11) is 1.89. The zero-order valence-corrected chi connectivity index (χ0v) is 15.2. The molecule has 9 heteroatoms. The second-order valence-corrected chi connectivity index (χ2v) is 6.72. The lowest BCUT2D eigenvalue weighted by atomic mass is 10.2. The molecule has 2 aromatic carbocycles. The van der Waals surface area contributed by atoms with E-state index in [2.05, 4.69) is 25.3 Å². The second-order valence-electron chi connectivity index (χ2n) is 6.72. The molecule has 0 atom stereocenters. The van der Waals surface area contributed by atoms with Crippen LogP contribution in [0, 0.1) is 5.82 Å². The Kier molecular flexibility index (Phi) is 4.66. The van der Waals surface area contributed by atoms with Crippen LogP contribution in [0.1, 0.15) is 12.2 Å². The Balaban J connectivity index is 1.32. The van der Waals surface area contributed by atoms with E-state index in [1.807, 2.05) is 11.9 Å². The minimum absolute atomic E-state index is 0.129. The van der Waals surface area contributed by atoms with Crippen LogP contribution in [0.2, 0.25) is 0 Å². The number of amides is 1. The number of rotatable bonds is 6. The molecule has 0 fully saturated rings. The molecular weight excluding hydrogens is 363 g/mol. The van der Waals surface area contributed by atoms with E-state index in [1.54, 1.807) is 24.3 Å². The van der Waals surface area contributed by atoms with Crippen LogP contribution < -0.4 is 11.0 Å². The molecule has 0 aliphatic carbocycles. The van der Waals surface area contributed by atoms with Gasteiger partial charge in [-0.1, -0.05) is 0 Å². The highest BCUT2D eigenvalue weighted by Gasteiger charge is 2.10. The molecule has 0 unspecified atom stereocenters. The molecule has 2 aromatic heterocycles. The number of nitrogens with one attached hydrogen (secondary N) is 4.